The normalized spacial score (nSPS) is 19.4. The van der Waals surface area contributed by atoms with Gasteiger partial charge in [-0.05, 0) is 44.0 Å². The molecule has 1 aliphatic heterocycles. The van der Waals surface area contributed by atoms with Gasteiger partial charge < -0.3 is 5.73 Å². The topological polar surface area (TPSA) is 29.3 Å². The first-order valence-corrected chi connectivity index (χ1v) is 6.81. The molecule has 0 bridgehead atoms. The van der Waals surface area contributed by atoms with E-state index >= 15 is 0 Å². The minimum Gasteiger partial charge on any atom is -0.330 e. The maximum Gasteiger partial charge on any atom is 0.0465 e. The molecule has 1 unspecified atom stereocenters. The Balaban J connectivity index is 0.00000162. The van der Waals surface area contributed by atoms with Crippen LogP contribution in [0.3, 0.4) is 0 Å². The Hall–Kier alpha value is 0.300. The lowest BCUT2D eigenvalue weighted by molar-refractivity contribution is 0.171. The zero-order chi connectivity index (χ0) is 12.3. The van der Waals surface area contributed by atoms with Crippen LogP contribution in [0.15, 0.2) is 18.2 Å². The number of hydrogen-bond acceptors (Lipinski definition) is 2. The van der Waals surface area contributed by atoms with E-state index in [0.29, 0.717) is 5.92 Å². The summed E-state index contributed by atoms with van der Waals surface area (Å²) in [5, 5.41) is 1.51. The fourth-order valence-electron chi connectivity index (χ4n) is 2.39. The summed E-state index contributed by atoms with van der Waals surface area (Å²) < 4.78 is 0. The third kappa shape index (κ3) is 5.30. The third-order valence-corrected chi connectivity index (χ3v) is 4.09. The van der Waals surface area contributed by atoms with Gasteiger partial charge in [0.2, 0.25) is 0 Å². The summed E-state index contributed by atoms with van der Waals surface area (Å²) in [4.78, 5) is 2.40. The van der Waals surface area contributed by atoms with Crippen LogP contribution in [-0.2, 0) is 6.54 Å². The van der Waals surface area contributed by atoms with Gasteiger partial charge in [0.15, 0.2) is 0 Å². The Morgan fingerprint density at radius 1 is 1.21 bits per heavy atom. The van der Waals surface area contributed by atoms with Crippen LogP contribution < -0.4 is 5.73 Å². The van der Waals surface area contributed by atoms with Crippen molar-refractivity contribution in [2.24, 2.45) is 11.7 Å². The van der Waals surface area contributed by atoms with Gasteiger partial charge in [-0.2, -0.15) is 0 Å². The first-order chi connectivity index (χ1) is 8.20. The molecule has 1 saturated heterocycles. The minimum absolute atomic E-state index is 0. The zero-order valence-electron chi connectivity index (χ0n) is 10.6. The number of likely N-dealkylation sites (tertiary alicyclic amines) is 1. The number of piperidine rings is 1. The van der Waals surface area contributed by atoms with Crippen LogP contribution in [0.5, 0.6) is 0 Å². The lowest BCUT2D eigenvalue weighted by Gasteiger charge is -2.32. The molecule has 110 valence electrons. The van der Waals surface area contributed by atoms with E-state index in [1.165, 1.54) is 12.8 Å². The van der Waals surface area contributed by atoms with E-state index in [0.717, 1.165) is 41.8 Å². The van der Waals surface area contributed by atoms with Gasteiger partial charge in [-0.1, -0.05) is 29.3 Å². The van der Waals surface area contributed by atoms with Crippen molar-refractivity contribution in [3.63, 3.8) is 0 Å². The molecule has 0 amide bonds. The number of nitrogens with zero attached hydrogens (tertiary/aromatic N) is 1. The fraction of sp³-hybridized carbons (Fsp3) is 0.538. The summed E-state index contributed by atoms with van der Waals surface area (Å²) in [6.45, 7) is 3.76. The molecule has 0 aromatic heterocycles. The lowest BCUT2D eigenvalue weighted by Crippen LogP contribution is -2.37. The molecule has 19 heavy (non-hydrogen) atoms. The number of benzene rings is 1. The lowest BCUT2D eigenvalue weighted by atomic mass is 9.98. The van der Waals surface area contributed by atoms with E-state index in [9.17, 15) is 0 Å². The second-order valence-corrected chi connectivity index (χ2v) is 5.49. The summed E-state index contributed by atoms with van der Waals surface area (Å²) in [5.74, 6) is 0.616. The number of nitrogens with two attached hydrogens (primary N) is 1. The van der Waals surface area contributed by atoms with Crippen LogP contribution in [0.4, 0.5) is 0 Å². The van der Waals surface area contributed by atoms with Crippen LogP contribution in [0.2, 0.25) is 10.0 Å². The van der Waals surface area contributed by atoms with Crippen molar-refractivity contribution in [1.82, 2.24) is 4.90 Å². The minimum atomic E-state index is 0. The molecular formula is C13H20Cl4N2. The van der Waals surface area contributed by atoms with Crippen molar-refractivity contribution in [3.05, 3.63) is 33.8 Å². The van der Waals surface area contributed by atoms with Gasteiger partial charge in [0.05, 0.1) is 0 Å². The van der Waals surface area contributed by atoms with E-state index in [1.807, 2.05) is 18.2 Å². The van der Waals surface area contributed by atoms with Gasteiger partial charge in [-0.3, -0.25) is 4.90 Å². The average Bonchev–Trinajstić information content (AvgIpc) is 2.34. The smallest absolute Gasteiger partial charge is 0.0465 e. The van der Waals surface area contributed by atoms with Crippen LogP contribution in [-0.4, -0.2) is 24.5 Å². The predicted molar refractivity (Wildman–Crippen MR) is 88.0 cm³/mol. The molecule has 0 saturated carbocycles. The summed E-state index contributed by atoms with van der Waals surface area (Å²) in [5.41, 5.74) is 6.78. The molecule has 2 rings (SSSR count). The molecule has 1 aliphatic rings. The third-order valence-electron chi connectivity index (χ3n) is 3.38. The van der Waals surface area contributed by atoms with Crippen LogP contribution in [0, 0.1) is 5.92 Å². The van der Waals surface area contributed by atoms with Crippen molar-refractivity contribution in [3.8, 4) is 0 Å². The van der Waals surface area contributed by atoms with Gasteiger partial charge in [-0.15, -0.1) is 24.8 Å². The Morgan fingerprint density at radius 3 is 2.42 bits per heavy atom. The van der Waals surface area contributed by atoms with Gasteiger partial charge in [-0.25, -0.2) is 0 Å². The quantitative estimate of drug-likeness (QED) is 0.896. The van der Waals surface area contributed by atoms with E-state index in [2.05, 4.69) is 4.90 Å². The molecule has 0 aliphatic carbocycles. The predicted octanol–water partition coefficient (Wildman–Crippen LogP) is 4.01. The standard InChI is InChI=1S/C13H18Cl2N2.2ClH/c14-12-4-1-5-13(15)11(12)9-17-6-2-3-10(7-16)8-17;;/h1,4-5,10H,2-3,6-9,16H2;2*1H. The first kappa shape index (κ1) is 19.3. The highest BCUT2D eigenvalue weighted by atomic mass is 35.5. The Bertz CT molecular complexity index is 367. The SMILES string of the molecule is Cl.Cl.NCC1CCCN(Cc2c(Cl)cccc2Cl)C1. The molecule has 1 atom stereocenters. The Morgan fingerprint density at radius 2 is 1.84 bits per heavy atom. The molecule has 1 heterocycles. The molecule has 1 fully saturated rings. The van der Waals surface area contributed by atoms with Crippen LogP contribution in [0.1, 0.15) is 18.4 Å². The van der Waals surface area contributed by atoms with Crippen molar-refractivity contribution in [2.75, 3.05) is 19.6 Å². The largest absolute Gasteiger partial charge is 0.330 e. The highest BCUT2D eigenvalue weighted by Gasteiger charge is 2.20. The highest BCUT2D eigenvalue weighted by Crippen LogP contribution is 2.27. The van der Waals surface area contributed by atoms with Crippen molar-refractivity contribution in [2.45, 2.75) is 19.4 Å². The van der Waals surface area contributed by atoms with Gasteiger partial charge in [0.1, 0.15) is 0 Å². The van der Waals surface area contributed by atoms with Crippen LogP contribution >= 0.6 is 48.0 Å². The molecule has 2 N–H and O–H groups in total. The number of rotatable bonds is 3. The summed E-state index contributed by atoms with van der Waals surface area (Å²) in [6, 6.07) is 5.67. The van der Waals surface area contributed by atoms with E-state index in [1.54, 1.807) is 0 Å². The zero-order valence-corrected chi connectivity index (χ0v) is 13.8. The summed E-state index contributed by atoms with van der Waals surface area (Å²) in [6.07, 6.45) is 2.45. The van der Waals surface area contributed by atoms with Crippen molar-refractivity contribution in [1.29, 1.82) is 0 Å². The van der Waals surface area contributed by atoms with Gasteiger partial charge >= 0.3 is 0 Å². The highest BCUT2D eigenvalue weighted by molar-refractivity contribution is 6.35. The van der Waals surface area contributed by atoms with E-state index in [-0.39, 0.29) is 24.8 Å². The molecule has 0 spiro atoms. The molecule has 1 aromatic rings. The monoisotopic (exact) mass is 344 g/mol. The maximum atomic E-state index is 6.18. The van der Waals surface area contributed by atoms with Gasteiger partial charge in [0, 0.05) is 28.7 Å². The maximum absolute atomic E-state index is 6.18. The number of hydrogen-bond donors (Lipinski definition) is 1. The molecule has 2 nitrogen and oxygen atoms in total. The summed E-state index contributed by atoms with van der Waals surface area (Å²) in [7, 11) is 0. The molecule has 6 heteroatoms. The fourth-order valence-corrected chi connectivity index (χ4v) is 2.91. The van der Waals surface area contributed by atoms with Crippen LogP contribution in [0.25, 0.3) is 0 Å². The van der Waals surface area contributed by atoms with Gasteiger partial charge in [0.25, 0.3) is 0 Å². The first-order valence-electron chi connectivity index (χ1n) is 6.06. The second kappa shape index (κ2) is 9.28. The Kier molecular flexibility index (Phi) is 9.42. The summed E-state index contributed by atoms with van der Waals surface area (Å²) >= 11 is 12.4. The Labute approximate surface area is 137 Å². The van der Waals surface area contributed by atoms with Crippen molar-refractivity contribution >= 4 is 48.0 Å². The molecule has 0 radical (unpaired) electrons. The van der Waals surface area contributed by atoms with Crippen molar-refractivity contribution < 1.29 is 0 Å². The second-order valence-electron chi connectivity index (χ2n) is 4.68. The average molecular weight is 346 g/mol. The molecule has 1 aromatic carbocycles. The van der Waals surface area contributed by atoms with E-state index in [4.69, 9.17) is 28.9 Å². The van der Waals surface area contributed by atoms with E-state index < -0.39 is 0 Å². The number of halogens is 4. The molecular weight excluding hydrogens is 326 g/mol.